The third-order valence-corrected chi connectivity index (χ3v) is 2.14. The van der Waals surface area contributed by atoms with E-state index >= 15 is 0 Å². The number of benzene rings is 1. The van der Waals surface area contributed by atoms with Crippen molar-refractivity contribution in [3.05, 3.63) is 53.6 Å². The fraction of sp³-hybridized carbons (Fsp3) is 0.182. The van der Waals surface area contributed by atoms with Gasteiger partial charge in [0.15, 0.2) is 0 Å². The number of rotatable bonds is 2. The van der Waals surface area contributed by atoms with Crippen molar-refractivity contribution in [2.75, 3.05) is 0 Å². The predicted octanol–water partition coefficient (Wildman–Crippen LogP) is 2.38. The Balaban J connectivity index is 2.22. The molecule has 0 bridgehead atoms. The summed E-state index contributed by atoms with van der Waals surface area (Å²) < 4.78 is 14.9. The molecule has 1 heterocycles. The predicted molar refractivity (Wildman–Crippen MR) is 52.5 cm³/mol. The van der Waals surface area contributed by atoms with Gasteiger partial charge >= 0.3 is 0 Å². The van der Waals surface area contributed by atoms with E-state index in [2.05, 4.69) is 5.10 Å². The molecule has 0 aliphatic heterocycles. The van der Waals surface area contributed by atoms with Crippen molar-refractivity contribution in [1.82, 2.24) is 9.78 Å². The molecule has 1 aromatic heterocycles. The van der Waals surface area contributed by atoms with Gasteiger partial charge in [-0.25, -0.2) is 4.39 Å². The zero-order chi connectivity index (χ0) is 9.97. The number of aromatic nitrogens is 2. The van der Waals surface area contributed by atoms with Crippen molar-refractivity contribution < 1.29 is 4.39 Å². The Hall–Kier alpha value is -1.64. The normalized spacial score (nSPS) is 10.4. The number of hydrogen-bond donors (Lipinski definition) is 0. The SMILES string of the molecule is Cc1ccc(Cn2cccn2)cc1F. The quantitative estimate of drug-likeness (QED) is 0.711. The Labute approximate surface area is 82.0 Å². The summed E-state index contributed by atoms with van der Waals surface area (Å²) in [6.07, 6.45) is 3.57. The molecule has 2 nitrogen and oxygen atoms in total. The molecule has 0 fully saturated rings. The van der Waals surface area contributed by atoms with Crippen molar-refractivity contribution in [3.8, 4) is 0 Å². The number of aryl methyl sites for hydroxylation is 1. The lowest BCUT2D eigenvalue weighted by atomic mass is 10.1. The van der Waals surface area contributed by atoms with Crippen LogP contribution in [-0.4, -0.2) is 9.78 Å². The van der Waals surface area contributed by atoms with E-state index in [1.165, 1.54) is 0 Å². The van der Waals surface area contributed by atoms with Crippen LogP contribution in [0, 0.1) is 12.7 Å². The third-order valence-electron chi connectivity index (χ3n) is 2.14. The second-order valence-electron chi connectivity index (χ2n) is 3.29. The minimum Gasteiger partial charge on any atom is -0.268 e. The van der Waals surface area contributed by atoms with Crippen LogP contribution in [0.5, 0.6) is 0 Å². The molecule has 72 valence electrons. The van der Waals surface area contributed by atoms with Crippen LogP contribution in [0.3, 0.4) is 0 Å². The molecule has 0 saturated carbocycles. The van der Waals surface area contributed by atoms with Crippen molar-refractivity contribution in [1.29, 1.82) is 0 Å². The van der Waals surface area contributed by atoms with E-state index in [9.17, 15) is 4.39 Å². The summed E-state index contributed by atoms with van der Waals surface area (Å²) in [5.74, 6) is -0.158. The summed E-state index contributed by atoms with van der Waals surface area (Å²) in [4.78, 5) is 0. The lowest BCUT2D eigenvalue weighted by molar-refractivity contribution is 0.610. The highest BCUT2D eigenvalue weighted by atomic mass is 19.1. The van der Waals surface area contributed by atoms with Crippen LogP contribution in [0.1, 0.15) is 11.1 Å². The molecule has 0 atom stereocenters. The van der Waals surface area contributed by atoms with Crippen LogP contribution in [0.2, 0.25) is 0 Å². The largest absolute Gasteiger partial charge is 0.268 e. The van der Waals surface area contributed by atoms with E-state index in [4.69, 9.17) is 0 Å². The zero-order valence-corrected chi connectivity index (χ0v) is 7.94. The second-order valence-corrected chi connectivity index (χ2v) is 3.29. The molecule has 0 N–H and O–H groups in total. The molecule has 0 saturated heterocycles. The summed E-state index contributed by atoms with van der Waals surface area (Å²) in [5.41, 5.74) is 1.60. The van der Waals surface area contributed by atoms with Crippen LogP contribution >= 0.6 is 0 Å². The highest BCUT2D eigenvalue weighted by molar-refractivity contribution is 5.23. The Morgan fingerprint density at radius 2 is 2.29 bits per heavy atom. The fourth-order valence-corrected chi connectivity index (χ4v) is 1.32. The highest BCUT2D eigenvalue weighted by Crippen LogP contribution is 2.09. The Kier molecular flexibility index (Phi) is 2.31. The first-order chi connectivity index (χ1) is 6.75. The van der Waals surface area contributed by atoms with E-state index in [1.54, 1.807) is 29.9 Å². The second kappa shape index (κ2) is 3.62. The Morgan fingerprint density at radius 1 is 1.43 bits per heavy atom. The summed E-state index contributed by atoms with van der Waals surface area (Å²) in [7, 11) is 0. The molecule has 0 aliphatic rings. The van der Waals surface area contributed by atoms with Crippen LogP contribution in [-0.2, 0) is 6.54 Å². The van der Waals surface area contributed by atoms with E-state index in [0.29, 0.717) is 12.1 Å². The summed E-state index contributed by atoms with van der Waals surface area (Å²) in [6, 6.07) is 7.11. The van der Waals surface area contributed by atoms with Gasteiger partial charge in [0.25, 0.3) is 0 Å². The molecule has 1 aromatic carbocycles. The monoisotopic (exact) mass is 190 g/mol. The van der Waals surface area contributed by atoms with Crippen LogP contribution in [0.15, 0.2) is 36.7 Å². The molecule has 0 radical (unpaired) electrons. The van der Waals surface area contributed by atoms with Crippen molar-refractivity contribution in [2.45, 2.75) is 13.5 Å². The Morgan fingerprint density at radius 3 is 2.93 bits per heavy atom. The van der Waals surface area contributed by atoms with Gasteiger partial charge in [0.2, 0.25) is 0 Å². The maximum absolute atomic E-state index is 13.2. The lowest BCUT2D eigenvalue weighted by Crippen LogP contribution is -2.00. The van der Waals surface area contributed by atoms with Crippen LogP contribution in [0.25, 0.3) is 0 Å². The van der Waals surface area contributed by atoms with Gasteiger partial charge in [-0.15, -0.1) is 0 Å². The first kappa shape index (κ1) is 8.94. The summed E-state index contributed by atoms with van der Waals surface area (Å²) in [6.45, 7) is 2.37. The molecule has 2 aromatic rings. The fourth-order valence-electron chi connectivity index (χ4n) is 1.32. The smallest absolute Gasteiger partial charge is 0.126 e. The topological polar surface area (TPSA) is 17.8 Å². The van der Waals surface area contributed by atoms with Gasteiger partial charge in [-0.3, -0.25) is 4.68 Å². The summed E-state index contributed by atoms with van der Waals surface area (Å²) in [5, 5.41) is 4.06. The first-order valence-corrected chi connectivity index (χ1v) is 4.48. The molecular formula is C11H11FN2. The minimum absolute atomic E-state index is 0.158. The molecule has 0 aliphatic carbocycles. The first-order valence-electron chi connectivity index (χ1n) is 4.48. The van der Waals surface area contributed by atoms with Gasteiger partial charge in [0.1, 0.15) is 5.82 Å². The Bertz CT molecular complexity index is 421. The third kappa shape index (κ3) is 1.82. The lowest BCUT2D eigenvalue weighted by Gasteiger charge is -2.03. The molecule has 14 heavy (non-hydrogen) atoms. The number of hydrogen-bond acceptors (Lipinski definition) is 1. The molecule has 0 spiro atoms. The van der Waals surface area contributed by atoms with Crippen molar-refractivity contribution >= 4 is 0 Å². The van der Waals surface area contributed by atoms with Crippen LogP contribution < -0.4 is 0 Å². The number of halogens is 1. The molecule has 3 heteroatoms. The zero-order valence-electron chi connectivity index (χ0n) is 7.94. The van der Waals surface area contributed by atoms with E-state index in [-0.39, 0.29) is 5.82 Å². The van der Waals surface area contributed by atoms with Gasteiger partial charge in [0.05, 0.1) is 6.54 Å². The standard InChI is InChI=1S/C11H11FN2/c1-9-3-4-10(7-11(9)12)8-14-6-2-5-13-14/h2-7H,8H2,1H3. The van der Waals surface area contributed by atoms with Crippen molar-refractivity contribution in [3.63, 3.8) is 0 Å². The molecule has 2 rings (SSSR count). The van der Waals surface area contributed by atoms with Gasteiger partial charge in [-0.1, -0.05) is 12.1 Å². The van der Waals surface area contributed by atoms with Gasteiger partial charge in [-0.05, 0) is 30.2 Å². The highest BCUT2D eigenvalue weighted by Gasteiger charge is 1.99. The van der Waals surface area contributed by atoms with Crippen LogP contribution in [0.4, 0.5) is 4.39 Å². The van der Waals surface area contributed by atoms with Gasteiger partial charge in [-0.2, -0.15) is 5.10 Å². The molecule has 0 unspecified atom stereocenters. The van der Waals surface area contributed by atoms with E-state index in [0.717, 1.165) is 5.56 Å². The average Bonchev–Trinajstić information content (AvgIpc) is 2.64. The van der Waals surface area contributed by atoms with E-state index < -0.39 is 0 Å². The maximum Gasteiger partial charge on any atom is 0.126 e. The average molecular weight is 190 g/mol. The summed E-state index contributed by atoms with van der Waals surface area (Å²) >= 11 is 0. The minimum atomic E-state index is -0.158. The maximum atomic E-state index is 13.2. The number of nitrogens with zero attached hydrogens (tertiary/aromatic N) is 2. The molecule has 0 amide bonds. The van der Waals surface area contributed by atoms with Gasteiger partial charge in [0, 0.05) is 12.4 Å². The van der Waals surface area contributed by atoms with Gasteiger partial charge < -0.3 is 0 Å². The van der Waals surface area contributed by atoms with Crippen molar-refractivity contribution in [2.24, 2.45) is 0 Å². The molecular weight excluding hydrogens is 179 g/mol. The van der Waals surface area contributed by atoms with E-state index in [1.807, 2.05) is 18.3 Å².